The van der Waals surface area contributed by atoms with Gasteiger partial charge in [-0.15, -0.1) is 11.3 Å². The smallest absolute Gasteiger partial charge is 0.317 e. The number of aryl methyl sites for hydroxylation is 1. The molecular formula is C13H19N3OS. The SMILES string of the molecule is Cc1csc([C@@H](NC(=O)N(C)C2CC2)C2CC2)n1. The molecule has 0 aromatic carbocycles. The monoisotopic (exact) mass is 265 g/mol. The van der Waals surface area contributed by atoms with E-state index < -0.39 is 0 Å². The highest BCUT2D eigenvalue weighted by molar-refractivity contribution is 7.09. The molecule has 0 spiro atoms. The minimum atomic E-state index is 0.0576. The number of thiazole rings is 1. The van der Waals surface area contributed by atoms with Crippen LogP contribution in [0.1, 0.15) is 42.4 Å². The molecule has 2 saturated carbocycles. The number of carbonyl (C=O) groups excluding carboxylic acids is 1. The molecule has 4 nitrogen and oxygen atoms in total. The fourth-order valence-electron chi connectivity index (χ4n) is 2.19. The van der Waals surface area contributed by atoms with Gasteiger partial charge in [0.05, 0.1) is 6.04 Å². The first kappa shape index (κ1) is 12.0. The van der Waals surface area contributed by atoms with E-state index in [4.69, 9.17) is 0 Å². The predicted octanol–water partition coefficient (Wildman–Crippen LogP) is 2.71. The fourth-order valence-corrected chi connectivity index (χ4v) is 3.13. The van der Waals surface area contributed by atoms with Crippen LogP contribution in [0.15, 0.2) is 5.38 Å². The van der Waals surface area contributed by atoms with Gasteiger partial charge < -0.3 is 10.2 Å². The Hall–Kier alpha value is -1.10. The van der Waals surface area contributed by atoms with Crippen molar-refractivity contribution in [1.82, 2.24) is 15.2 Å². The molecular weight excluding hydrogens is 246 g/mol. The second-order valence-corrected chi connectivity index (χ2v) is 6.32. The van der Waals surface area contributed by atoms with Gasteiger partial charge in [-0.25, -0.2) is 9.78 Å². The van der Waals surface area contributed by atoms with Gasteiger partial charge in [0, 0.05) is 24.2 Å². The van der Waals surface area contributed by atoms with Crippen LogP contribution in [0, 0.1) is 12.8 Å². The first-order valence-electron chi connectivity index (χ1n) is 6.60. The normalized spacial score (nSPS) is 20.6. The maximum Gasteiger partial charge on any atom is 0.317 e. The maximum absolute atomic E-state index is 12.1. The molecule has 2 aliphatic rings. The molecule has 98 valence electrons. The van der Waals surface area contributed by atoms with Crippen molar-refractivity contribution in [1.29, 1.82) is 0 Å². The summed E-state index contributed by atoms with van der Waals surface area (Å²) in [5.74, 6) is 0.590. The van der Waals surface area contributed by atoms with Crippen molar-refractivity contribution in [2.75, 3.05) is 7.05 Å². The highest BCUT2D eigenvalue weighted by atomic mass is 32.1. The summed E-state index contributed by atoms with van der Waals surface area (Å²) in [5, 5.41) is 6.28. The lowest BCUT2D eigenvalue weighted by Crippen LogP contribution is -2.41. The molecule has 1 aromatic heterocycles. The lowest BCUT2D eigenvalue weighted by atomic mass is 10.2. The minimum absolute atomic E-state index is 0.0576. The average molecular weight is 265 g/mol. The average Bonchev–Trinajstić information content (AvgIpc) is 3.24. The second kappa shape index (κ2) is 4.53. The van der Waals surface area contributed by atoms with E-state index in [1.54, 1.807) is 11.3 Å². The lowest BCUT2D eigenvalue weighted by molar-refractivity contribution is 0.201. The minimum Gasteiger partial charge on any atom is -0.328 e. The number of nitrogens with zero attached hydrogens (tertiary/aromatic N) is 2. The number of amides is 2. The molecule has 2 aliphatic carbocycles. The first-order chi connectivity index (χ1) is 8.65. The number of aromatic nitrogens is 1. The van der Waals surface area contributed by atoms with Crippen LogP contribution in [0.4, 0.5) is 4.79 Å². The van der Waals surface area contributed by atoms with Gasteiger partial charge in [0.15, 0.2) is 0 Å². The molecule has 0 bridgehead atoms. The summed E-state index contributed by atoms with van der Waals surface area (Å²) in [6.07, 6.45) is 4.70. The number of urea groups is 1. The van der Waals surface area contributed by atoms with E-state index in [0.717, 1.165) is 23.5 Å². The van der Waals surface area contributed by atoms with Gasteiger partial charge in [0.1, 0.15) is 5.01 Å². The van der Waals surface area contributed by atoms with E-state index in [1.807, 2.05) is 18.9 Å². The van der Waals surface area contributed by atoms with E-state index in [-0.39, 0.29) is 12.1 Å². The van der Waals surface area contributed by atoms with Crippen molar-refractivity contribution in [3.05, 3.63) is 16.1 Å². The quantitative estimate of drug-likeness (QED) is 0.909. The van der Waals surface area contributed by atoms with Gasteiger partial charge in [-0.1, -0.05) is 0 Å². The van der Waals surface area contributed by atoms with E-state index >= 15 is 0 Å². The van der Waals surface area contributed by atoms with Gasteiger partial charge in [0.25, 0.3) is 0 Å². The van der Waals surface area contributed by atoms with Gasteiger partial charge in [-0.05, 0) is 38.5 Å². The fraction of sp³-hybridized carbons (Fsp3) is 0.692. The Bertz CT molecular complexity index is 451. The maximum atomic E-state index is 12.1. The standard InChI is InChI=1S/C13H19N3OS/c1-8-7-18-12(14-8)11(9-3-4-9)15-13(17)16(2)10-5-6-10/h7,9-11H,3-6H2,1-2H3,(H,15,17)/t11-/m0/s1. The summed E-state index contributed by atoms with van der Waals surface area (Å²) in [4.78, 5) is 18.5. The zero-order valence-electron chi connectivity index (χ0n) is 10.8. The van der Waals surface area contributed by atoms with Crippen LogP contribution in [0.3, 0.4) is 0 Å². The predicted molar refractivity (Wildman–Crippen MR) is 71.6 cm³/mol. The van der Waals surface area contributed by atoms with Gasteiger partial charge in [0.2, 0.25) is 0 Å². The van der Waals surface area contributed by atoms with Crippen molar-refractivity contribution in [3.63, 3.8) is 0 Å². The molecule has 0 saturated heterocycles. The third-order valence-corrected chi connectivity index (χ3v) is 4.74. The first-order valence-corrected chi connectivity index (χ1v) is 7.48. The van der Waals surface area contributed by atoms with E-state index in [1.165, 1.54) is 12.8 Å². The topological polar surface area (TPSA) is 45.2 Å². The van der Waals surface area contributed by atoms with Crippen LogP contribution in [0.5, 0.6) is 0 Å². The highest BCUT2D eigenvalue weighted by Gasteiger charge is 2.37. The molecule has 5 heteroatoms. The van der Waals surface area contributed by atoms with Gasteiger partial charge in [-0.3, -0.25) is 0 Å². The number of hydrogen-bond acceptors (Lipinski definition) is 3. The molecule has 18 heavy (non-hydrogen) atoms. The Morgan fingerprint density at radius 3 is 2.72 bits per heavy atom. The van der Waals surface area contributed by atoms with Crippen LogP contribution < -0.4 is 5.32 Å². The van der Waals surface area contributed by atoms with Crippen LogP contribution in [-0.2, 0) is 0 Å². The van der Waals surface area contributed by atoms with Gasteiger partial charge in [-0.2, -0.15) is 0 Å². The third-order valence-electron chi connectivity index (χ3n) is 3.69. The Balaban J connectivity index is 1.68. The molecule has 0 aliphatic heterocycles. The molecule has 1 aromatic rings. The van der Waals surface area contributed by atoms with Crippen LogP contribution >= 0.6 is 11.3 Å². The summed E-state index contributed by atoms with van der Waals surface area (Å²) in [6.45, 7) is 2.00. The zero-order chi connectivity index (χ0) is 12.7. The Morgan fingerprint density at radius 1 is 1.50 bits per heavy atom. The number of rotatable bonds is 4. The van der Waals surface area contributed by atoms with Crippen molar-refractivity contribution < 1.29 is 4.79 Å². The van der Waals surface area contributed by atoms with Crippen molar-refractivity contribution in [2.24, 2.45) is 5.92 Å². The second-order valence-electron chi connectivity index (χ2n) is 5.43. The number of carbonyl (C=O) groups is 1. The molecule has 1 atom stereocenters. The van der Waals surface area contributed by atoms with E-state index in [9.17, 15) is 4.79 Å². The highest BCUT2D eigenvalue weighted by Crippen LogP contribution is 2.42. The Labute approximate surface area is 111 Å². The van der Waals surface area contributed by atoms with Crippen molar-refractivity contribution >= 4 is 17.4 Å². The lowest BCUT2D eigenvalue weighted by Gasteiger charge is -2.22. The van der Waals surface area contributed by atoms with Crippen molar-refractivity contribution in [3.8, 4) is 0 Å². The van der Waals surface area contributed by atoms with Crippen molar-refractivity contribution in [2.45, 2.75) is 44.7 Å². The number of nitrogens with one attached hydrogen (secondary N) is 1. The zero-order valence-corrected chi connectivity index (χ0v) is 11.7. The van der Waals surface area contributed by atoms with E-state index in [2.05, 4.69) is 15.7 Å². The molecule has 0 unspecified atom stereocenters. The summed E-state index contributed by atoms with van der Waals surface area (Å²) in [6, 6.07) is 0.641. The molecule has 2 fully saturated rings. The summed E-state index contributed by atoms with van der Waals surface area (Å²) in [7, 11) is 1.89. The van der Waals surface area contributed by atoms with Crippen LogP contribution in [0.2, 0.25) is 0 Å². The molecule has 1 N–H and O–H groups in total. The molecule has 1 heterocycles. The summed E-state index contributed by atoms with van der Waals surface area (Å²) in [5.41, 5.74) is 1.05. The molecule has 3 rings (SSSR count). The van der Waals surface area contributed by atoms with Crippen LogP contribution in [-0.4, -0.2) is 29.0 Å². The molecule has 2 amide bonds. The Morgan fingerprint density at radius 2 is 2.22 bits per heavy atom. The third kappa shape index (κ3) is 2.51. The summed E-state index contributed by atoms with van der Waals surface area (Å²) < 4.78 is 0. The Kier molecular flexibility index (Phi) is 3.01. The summed E-state index contributed by atoms with van der Waals surface area (Å²) >= 11 is 1.66. The van der Waals surface area contributed by atoms with Crippen LogP contribution in [0.25, 0.3) is 0 Å². The largest absolute Gasteiger partial charge is 0.328 e. The number of hydrogen-bond donors (Lipinski definition) is 1. The molecule has 0 radical (unpaired) electrons. The van der Waals surface area contributed by atoms with Gasteiger partial charge >= 0.3 is 6.03 Å². The van der Waals surface area contributed by atoms with E-state index in [0.29, 0.717) is 12.0 Å².